The van der Waals surface area contributed by atoms with Crippen LogP contribution in [-0.4, -0.2) is 35.3 Å². The Morgan fingerprint density at radius 2 is 1.88 bits per heavy atom. The van der Waals surface area contributed by atoms with Crippen molar-refractivity contribution in [1.82, 2.24) is 29.5 Å². The molecule has 1 fully saturated rings. The lowest BCUT2D eigenvalue weighted by Crippen LogP contribution is -2.09. The number of hydrogen-bond acceptors (Lipinski definition) is 6. The van der Waals surface area contributed by atoms with E-state index in [1.165, 1.54) is 31.3 Å². The second-order valence-electron chi connectivity index (χ2n) is 9.08. The van der Waals surface area contributed by atoms with E-state index in [9.17, 15) is 9.18 Å². The van der Waals surface area contributed by atoms with Gasteiger partial charge in [-0.15, -0.1) is 0 Å². The number of ketones is 1. The van der Waals surface area contributed by atoms with Crippen molar-refractivity contribution < 1.29 is 9.18 Å². The first-order valence-electron chi connectivity index (χ1n) is 11.5. The zero-order valence-corrected chi connectivity index (χ0v) is 19.0. The van der Waals surface area contributed by atoms with Crippen molar-refractivity contribution in [2.75, 3.05) is 5.32 Å². The molecule has 0 unspecified atom stereocenters. The van der Waals surface area contributed by atoms with Crippen molar-refractivity contribution in [3.8, 4) is 17.1 Å². The van der Waals surface area contributed by atoms with Crippen molar-refractivity contribution >= 4 is 17.4 Å². The van der Waals surface area contributed by atoms with Gasteiger partial charge in [0, 0.05) is 30.2 Å². The van der Waals surface area contributed by atoms with Crippen LogP contribution in [0.2, 0.25) is 0 Å². The molecule has 0 saturated heterocycles. The first-order valence-corrected chi connectivity index (χ1v) is 11.5. The first-order chi connectivity index (χ1) is 16.5. The molecule has 3 heterocycles. The fourth-order valence-electron chi connectivity index (χ4n) is 4.60. The van der Waals surface area contributed by atoms with E-state index in [0.29, 0.717) is 30.4 Å². The third-order valence-corrected chi connectivity index (χ3v) is 6.61. The molecule has 2 aliphatic rings. The van der Waals surface area contributed by atoms with Gasteiger partial charge in [0.2, 0.25) is 0 Å². The topological polar surface area (TPSA) is 90.5 Å². The maximum atomic E-state index is 13.5. The van der Waals surface area contributed by atoms with Crippen LogP contribution in [0.3, 0.4) is 0 Å². The van der Waals surface area contributed by atoms with Crippen molar-refractivity contribution in [3.05, 3.63) is 65.0 Å². The van der Waals surface area contributed by atoms with E-state index >= 15 is 0 Å². The number of Topliss-reactive ketones (excluding diaryl/α,β-unsaturated/α-hetero) is 1. The van der Waals surface area contributed by atoms with Crippen LogP contribution in [0.5, 0.6) is 0 Å². The summed E-state index contributed by atoms with van der Waals surface area (Å²) in [6.07, 6.45) is 5.08. The van der Waals surface area contributed by atoms with E-state index in [1.807, 2.05) is 24.6 Å². The molecule has 1 saturated carbocycles. The van der Waals surface area contributed by atoms with Crippen LogP contribution in [0.25, 0.3) is 17.1 Å². The molecular formula is C25H24FN7O. The van der Waals surface area contributed by atoms with Gasteiger partial charge in [-0.3, -0.25) is 4.79 Å². The molecular weight excluding hydrogens is 433 g/mol. The standard InChI is InChI=1S/C25H24FN7O/c1-14-24(17-5-7-18(26)8-6-17)31-32(12-16-3-4-16)25(14)29-21-11-22(28-13-27-21)33-15(2)23-19(30-33)9-10-20(23)34/h5-8,11,13,16H,3-4,9-10,12H2,1-2H3,(H,27,28,29). The summed E-state index contributed by atoms with van der Waals surface area (Å²) in [6.45, 7) is 4.72. The zero-order chi connectivity index (χ0) is 23.4. The number of anilines is 2. The van der Waals surface area contributed by atoms with Crippen molar-refractivity contribution in [3.63, 3.8) is 0 Å². The summed E-state index contributed by atoms with van der Waals surface area (Å²) < 4.78 is 17.2. The molecule has 8 nitrogen and oxygen atoms in total. The summed E-state index contributed by atoms with van der Waals surface area (Å²) in [5.74, 6) is 2.55. The Bertz CT molecular complexity index is 1420. The second-order valence-corrected chi connectivity index (χ2v) is 9.08. The number of rotatable bonds is 6. The third kappa shape index (κ3) is 3.57. The lowest BCUT2D eigenvalue weighted by Gasteiger charge is -2.11. The van der Waals surface area contributed by atoms with Gasteiger partial charge in [-0.05, 0) is 63.3 Å². The highest BCUT2D eigenvalue weighted by atomic mass is 19.1. The number of benzene rings is 1. The molecule has 3 aromatic heterocycles. The van der Waals surface area contributed by atoms with Gasteiger partial charge in [0.1, 0.15) is 23.8 Å². The van der Waals surface area contributed by atoms with Gasteiger partial charge in [-0.2, -0.15) is 10.2 Å². The maximum Gasteiger partial charge on any atom is 0.166 e. The average Bonchev–Trinajstić information content (AvgIpc) is 3.39. The Hall–Kier alpha value is -3.88. The minimum absolute atomic E-state index is 0.138. The quantitative estimate of drug-likeness (QED) is 0.456. The molecule has 2 aliphatic carbocycles. The van der Waals surface area contributed by atoms with E-state index in [-0.39, 0.29) is 11.6 Å². The summed E-state index contributed by atoms with van der Waals surface area (Å²) in [7, 11) is 0. The molecule has 1 N–H and O–H groups in total. The minimum Gasteiger partial charge on any atom is -0.325 e. The zero-order valence-electron chi connectivity index (χ0n) is 19.0. The molecule has 4 aromatic rings. The predicted octanol–water partition coefficient (Wildman–Crippen LogP) is 4.56. The van der Waals surface area contributed by atoms with Crippen LogP contribution in [0.15, 0.2) is 36.7 Å². The van der Waals surface area contributed by atoms with Crippen molar-refractivity contribution in [1.29, 1.82) is 0 Å². The SMILES string of the molecule is Cc1c(-c2ccc(F)cc2)nn(CC2CC2)c1Nc1cc(-n2nc3c(c2C)C(=O)CC3)ncn1. The average molecular weight is 458 g/mol. The molecule has 0 radical (unpaired) electrons. The first kappa shape index (κ1) is 20.7. The van der Waals surface area contributed by atoms with Gasteiger partial charge in [0.15, 0.2) is 11.6 Å². The molecule has 0 atom stereocenters. The Morgan fingerprint density at radius 3 is 2.62 bits per heavy atom. The van der Waals surface area contributed by atoms with Gasteiger partial charge < -0.3 is 5.32 Å². The summed E-state index contributed by atoms with van der Waals surface area (Å²) in [5.41, 5.74) is 5.00. The second kappa shape index (κ2) is 7.86. The highest BCUT2D eigenvalue weighted by Gasteiger charge is 2.28. The highest BCUT2D eigenvalue weighted by Crippen LogP contribution is 2.35. The largest absolute Gasteiger partial charge is 0.325 e. The Kier molecular flexibility index (Phi) is 4.79. The van der Waals surface area contributed by atoms with Crippen LogP contribution >= 0.6 is 0 Å². The number of aromatic nitrogens is 6. The van der Waals surface area contributed by atoms with Crippen LogP contribution in [-0.2, 0) is 13.0 Å². The third-order valence-electron chi connectivity index (χ3n) is 6.61. The highest BCUT2D eigenvalue weighted by molar-refractivity contribution is 6.01. The molecule has 0 spiro atoms. The van der Waals surface area contributed by atoms with E-state index in [1.54, 1.807) is 16.8 Å². The molecule has 0 amide bonds. The molecule has 0 bridgehead atoms. The van der Waals surface area contributed by atoms with Gasteiger partial charge in [-0.25, -0.2) is 23.7 Å². The fourth-order valence-corrected chi connectivity index (χ4v) is 4.60. The predicted molar refractivity (Wildman–Crippen MR) is 125 cm³/mol. The maximum absolute atomic E-state index is 13.5. The van der Waals surface area contributed by atoms with Gasteiger partial charge in [-0.1, -0.05) is 0 Å². The van der Waals surface area contributed by atoms with E-state index < -0.39 is 0 Å². The molecule has 1 aromatic carbocycles. The fraction of sp³-hybridized carbons (Fsp3) is 0.320. The number of nitrogens with zero attached hydrogens (tertiary/aromatic N) is 6. The molecule has 9 heteroatoms. The number of carbonyl (C=O) groups excluding carboxylic acids is 1. The molecule has 6 rings (SSSR count). The van der Waals surface area contributed by atoms with Crippen LogP contribution in [0.4, 0.5) is 16.0 Å². The Balaban J connectivity index is 1.36. The van der Waals surface area contributed by atoms with Gasteiger partial charge in [0.25, 0.3) is 0 Å². The number of hydrogen-bond donors (Lipinski definition) is 1. The monoisotopic (exact) mass is 457 g/mol. The normalized spacial score (nSPS) is 15.1. The lowest BCUT2D eigenvalue weighted by molar-refractivity contribution is 0.0993. The van der Waals surface area contributed by atoms with E-state index in [2.05, 4.69) is 20.4 Å². The number of carbonyl (C=O) groups is 1. The smallest absolute Gasteiger partial charge is 0.166 e. The summed E-state index contributed by atoms with van der Waals surface area (Å²) >= 11 is 0. The summed E-state index contributed by atoms with van der Waals surface area (Å²) in [5, 5.41) is 12.9. The molecule has 34 heavy (non-hydrogen) atoms. The molecule has 0 aliphatic heterocycles. The van der Waals surface area contributed by atoms with Gasteiger partial charge >= 0.3 is 0 Å². The number of fused-ring (bicyclic) bond motifs is 1. The van der Waals surface area contributed by atoms with Crippen molar-refractivity contribution in [2.24, 2.45) is 5.92 Å². The summed E-state index contributed by atoms with van der Waals surface area (Å²) in [6, 6.07) is 8.23. The van der Waals surface area contributed by atoms with Crippen LogP contribution in [0, 0.1) is 25.6 Å². The lowest BCUT2D eigenvalue weighted by atomic mass is 10.1. The minimum atomic E-state index is -0.271. The van der Waals surface area contributed by atoms with Gasteiger partial charge in [0.05, 0.1) is 22.6 Å². The van der Waals surface area contributed by atoms with Crippen LogP contribution < -0.4 is 5.32 Å². The molecule has 172 valence electrons. The summed E-state index contributed by atoms with van der Waals surface area (Å²) in [4.78, 5) is 21.0. The number of aryl methyl sites for hydroxylation is 1. The van der Waals surface area contributed by atoms with Crippen LogP contribution in [0.1, 0.15) is 46.6 Å². The number of halogens is 1. The van der Waals surface area contributed by atoms with Crippen molar-refractivity contribution in [2.45, 2.75) is 46.1 Å². The van der Waals surface area contributed by atoms with E-state index in [4.69, 9.17) is 5.10 Å². The number of nitrogens with one attached hydrogen (secondary N) is 1. The van der Waals surface area contributed by atoms with E-state index in [0.717, 1.165) is 46.1 Å². The Labute approximate surface area is 195 Å². The Morgan fingerprint density at radius 1 is 1.09 bits per heavy atom.